The summed E-state index contributed by atoms with van der Waals surface area (Å²) in [6, 6.07) is 9.41. The van der Waals surface area contributed by atoms with Crippen LogP contribution in [0.2, 0.25) is 0 Å². The molecule has 32 heavy (non-hydrogen) atoms. The van der Waals surface area contributed by atoms with E-state index in [1.54, 1.807) is 18.2 Å². The molecule has 1 aromatic carbocycles. The maximum atomic E-state index is 13.7. The molecule has 1 amide bonds. The fourth-order valence-corrected chi connectivity index (χ4v) is 5.91. The van der Waals surface area contributed by atoms with Crippen molar-refractivity contribution in [1.82, 2.24) is 14.3 Å². The first-order chi connectivity index (χ1) is 15.3. The lowest BCUT2D eigenvalue weighted by Gasteiger charge is -2.32. The van der Waals surface area contributed by atoms with Crippen molar-refractivity contribution in [1.29, 1.82) is 0 Å². The zero-order valence-electron chi connectivity index (χ0n) is 18.3. The third kappa shape index (κ3) is 4.62. The minimum Gasteiger partial charge on any atom is -0.494 e. The van der Waals surface area contributed by atoms with Gasteiger partial charge < -0.3 is 4.74 Å². The lowest BCUT2D eigenvalue weighted by atomic mass is 9.98. The quantitative estimate of drug-likeness (QED) is 0.545. The zero-order valence-corrected chi connectivity index (χ0v) is 19.9. The molecule has 1 unspecified atom stereocenters. The number of aromatic nitrogens is 2. The Morgan fingerprint density at radius 3 is 2.81 bits per heavy atom. The smallest absolute Gasteiger partial charge is 0.233 e. The fourth-order valence-electron chi connectivity index (χ4n) is 3.94. The number of pyridine rings is 1. The van der Waals surface area contributed by atoms with E-state index in [-0.39, 0.29) is 19.0 Å². The summed E-state index contributed by atoms with van der Waals surface area (Å²) in [6.45, 7) is 2.89. The molecule has 4 rings (SSSR count). The summed E-state index contributed by atoms with van der Waals surface area (Å²) in [5, 5.41) is 0.555. The van der Waals surface area contributed by atoms with Gasteiger partial charge in [-0.3, -0.25) is 14.7 Å². The van der Waals surface area contributed by atoms with Crippen molar-refractivity contribution in [3.05, 3.63) is 47.8 Å². The Bertz CT molecular complexity index is 1230. The normalized spacial score (nSPS) is 17.4. The molecule has 0 spiro atoms. The Morgan fingerprint density at radius 1 is 1.31 bits per heavy atom. The van der Waals surface area contributed by atoms with E-state index in [1.165, 1.54) is 21.9 Å². The Kier molecular flexibility index (Phi) is 6.45. The number of anilines is 1. The van der Waals surface area contributed by atoms with Crippen molar-refractivity contribution in [3.8, 4) is 5.75 Å². The molecule has 8 nitrogen and oxygen atoms in total. The van der Waals surface area contributed by atoms with Gasteiger partial charge >= 0.3 is 0 Å². The molecular formula is C22H26N4O4S2. The van der Waals surface area contributed by atoms with Crippen LogP contribution in [0.1, 0.15) is 24.1 Å². The molecule has 1 fully saturated rings. The number of nitrogens with zero attached hydrogens (tertiary/aromatic N) is 4. The van der Waals surface area contributed by atoms with Crippen molar-refractivity contribution in [3.63, 3.8) is 0 Å². The molecule has 0 radical (unpaired) electrons. The maximum absolute atomic E-state index is 13.7. The van der Waals surface area contributed by atoms with Crippen LogP contribution in [0.4, 0.5) is 5.13 Å². The molecule has 2 aromatic heterocycles. The van der Waals surface area contributed by atoms with Gasteiger partial charge in [0.2, 0.25) is 15.9 Å². The van der Waals surface area contributed by atoms with Gasteiger partial charge in [-0.25, -0.2) is 17.7 Å². The molecule has 10 heteroatoms. The third-order valence-corrected chi connectivity index (χ3v) is 8.14. The molecule has 1 saturated heterocycles. The molecule has 0 bridgehead atoms. The summed E-state index contributed by atoms with van der Waals surface area (Å²) in [5.74, 6) is 0.0797. The Labute approximate surface area is 191 Å². The minimum atomic E-state index is -3.36. The summed E-state index contributed by atoms with van der Waals surface area (Å²) in [4.78, 5) is 24.5. The number of methoxy groups -OCH3 is 1. The van der Waals surface area contributed by atoms with Crippen LogP contribution in [-0.4, -0.2) is 55.1 Å². The van der Waals surface area contributed by atoms with Crippen molar-refractivity contribution >= 4 is 42.6 Å². The standard InChI is InChI=1S/C22H26N4O4S2/c1-15-9-10-18(30-2)19-20(15)31-22(24-19)26(14-17-8-4-5-11-23-17)21(27)16-7-6-12-25(13-16)32(3,28)29/h4-5,8-11,16H,6-7,12-14H2,1-3H3. The summed E-state index contributed by atoms with van der Waals surface area (Å²) < 4.78 is 32.0. The monoisotopic (exact) mass is 474 g/mol. The zero-order chi connectivity index (χ0) is 22.9. The number of aryl methyl sites for hydroxylation is 1. The number of rotatable bonds is 6. The van der Waals surface area contributed by atoms with Crippen LogP contribution >= 0.6 is 11.3 Å². The first kappa shape index (κ1) is 22.6. The summed E-state index contributed by atoms with van der Waals surface area (Å²) in [7, 11) is -1.76. The number of hydrogen-bond donors (Lipinski definition) is 0. The molecule has 0 aliphatic carbocycles. The topological polar surface area (TPSA) is 92.7 Å². The lowest BCUT2D eigenvalue weighted by molar-refractivity contribution is -0.123. The number of amides is 1. The number of ether oxygens (including phenoxy) is 1. The van der Waals surface area contributed by atoms with E-state index in [0.717, 1.165) is 16.0 Å². The van der Waals surface area contributed by atoms with Gasteiger partial charge in [-0.1, -0.05) is 23.5 Å². The number of piperidine rings is 1. The van der Waals surface area contributed by atoms with Crippen LogP contribution in [0.15, 0.2) is 36.5 Å². The number of carbonyl (C=O) groups is 1. The highest BCUT2D eigenvalue weighted by Gasteiger charge is 2.34. The number of benzene rings is 1. The second-order valence-corrected chi connectivity index (χ2v) is 10.9. The Morgan fingerprint density at radius 2 is 2.12 bits per heavy atom. The van der Waals surface area contributed by atoms with Crippen molar-refractivity contribution in [2.45, 2.75) is 26.3 Å². The van der Waals surface area contributed by atoms with E-state index in [0.29, 0.717) is 35.8 Å². The summed E-state index contributed by atoms with van der Waals surface area (Å²) in [5.41, 5.74) is 2.50. The molecule has 1 aliphatic heterocycles. The van der Waals surface area contributed by atoms with E-state index in [2.05, 4.69) is 4.98 Å². The molecule has 170 valence electrons. The largest absolute Gasteiger partial charge is 0.494 e. The summed E-state index contributed by atoms with van der Waals surface area (Å²) >= 11 is 1.43. The first-order valence-corrected chi connectivity index (χ1v) is 13.0. The number of carbonyl (C=O) groups excluding carboxylic acids is 1. The van der Waals surface area contributed by atoms with Gasteiger partial charge in [0.1, 0.15) is 11.3 Å². The Balaban J connectivity index is 1.73. The number of sulfonamides is 1. The average molecular weight is 475 g/mol. The predicted octanol–water partition coefficient (Wildman–Crippen LogP) is 3.21. The van der Waals surface area contributed by atoms with Crippen LogP contribution in [0.25, 0.3) is 10.2 Å². The van der Waals surface area contributed by atoms with E-state index >= 15 is 0 Å². The number of thiazole rings is 1. The van der Waals surface area contributed by atoms with Crippen LogP contribution in [0.5, 0.6) is 5.75 Å². The van der Waals surface area contributed by atoms with Gasteiger partial charge in [0.15, 0.2) is 5.13 Å². The molecule has 1 atom stereocenters. The van der Waals surface area contributed by atoms with Gasteiger partial charge in [0.25, 0.3) is 0 Å². The van der Waals surface area contributed by atoms with Crippen LogP contribution in [0.3, 0.4) is 0 Å². The van der Waals surface area contributed by atoms with E-state index in [9.17, 15) is 13.2 Å². The summed E-state index contributed by atoms with van der Waals surface area (Å²) in [6.07, 6.45) is 4.16. The van der Waals surface area contributed by atoms with Gasteiger partial charge in [-0.15, -0.1) is 0 Å². The highest BCUT2D eigenvalue weighted by atomic mass is 32.2. The Hall–Kier alpha value is -2.56. The van der Waals surface area contributed by atoms with E-state index < -0.39 is 15.9 Å². The molecule has 3 aromatic rings. The van der Waals surface area contributed by atoms with E-state index in [4.69, 9.17) is 9.72 Å². The highest BCUT2D eigenvalue weighted by molar-refractivity contribution is 7.88. The van der Waals surface area contributed by atoms with Crippen LogP contribution < -0.4 is 9.64 Å². The molecular weight excluding hydrogens is 448 g/mol. The minimum absolute atomic E-state index is 0.139. The number of hydrogen-bond acceptors (Lipinski definition) is 7. The second-order valence-electron chi connectivity index (χ2n) is 7.96. The maximum Gasteiger partial charge on any atom is 0.233 e. The molecule has 0 N–H and O–H groups in total. The van der Waals surface area contributed by atoms with Crippen molar-refractivity contribution in [2.24, 2.45) is 5.92 Å². The second kappa shape index (κ2) is 9.13. The number of fused-ring (bicyclic) bond motifs is 1. The average Bonchev–Trinajstić information content (AvgIpc) is 3.24. The van der Waals surface area contributed by atoms with E-state index in [1.807, 2.05) is 37.3 Å². The third-order valence-electron chi connectivity index (χ3n) is 5.66. The van der Waals surface area contributed by atoms with Crippen molar-refractivity contribution in [2.75, 3.05) is 31.4 Å². The fraction of sp³-hybridized carbons (Fsp3) is 0.409. The molecule has 3 heterocycles. The molecule has 0 saturated carbocycles. The van der Waals surface area contributed by atoms with Gasteiger partial charge in [-0.05, 0) is 43.5 Å². The lowest BCUT2D eigenvalue weighted by Crippen LogP contribution is -2.46. The first-order valence-electron chi connectivity index (χ1n) is 10.4. The predicted molar refractivity (Wildman–Crippen MR) is 125 cm³/mol. The van der Waals surface area contributed by atoms with Gasteiger partial charge in [-0.2, -0.15) is 0 Å². The molecule has 1 aliphatic rings. The van der Waals surface area contributed by atoms with Gasteiger partial charge in [0.05, 0.1) is 36.2 Å². The van der Waals surface area contributed by atoms with Crippen molar-refractivity contribution < 1.29 is 17.9 Å². The highest BCUT2D eigenvalue weighted by Crippen LogP contribution is 2.37. The van der Waals surface area contributed by atoms with Crippen LogP contribution in [0, 0.1) is 12.8 Å². The van der Waals surface area contributed by atoms with Crippen LogP contribution in [-0.2, 0) is 21.4 Å². The van der Waals surface area contributed by atoms with Gasteiger partial charge in [0, 0.05) is 19.3 Å². The SMILES string of the molecule is COc1ccc(C)c2sc(N(Cc3ccccn3)C(=O)C3CCCN(S(C)(=O)=O)C3)nc12.